The molecule has 1 heterocycles. The highest BCUT2D eigenvalue weighted by molar-refractivity contribution is 7.15. The Morgan fingerprint density at radius 3 is 2.80 bits per heavy atom. The smallest absolute Gasteiger partial charge is 0.259 e. The number of carbonyl (C=O) groups is 1. The molecule has 0 radical (unpaired) electrons. The van der Waals surface area contributed by atoms with Crippen molar-refractivity contribution < 1.29 is 9.18 Å². The van der Waals surface area contributed by atoms with Gasteiger partial charge in [-0.1, -0.05) is 41.5 Å². The standard InChI is InChI=1S/C12H10Cl2FN3OS/c1-2-3-10-17-18-12(20-10)16-11(19)6-4-9(15)8(14)5-7(6)13/h4-5H,2-3H2,1H3,(H,16,18,19). The number of carbonyl (C=O) groups excluding carboxylic acids is 1. The lowest BCUT2D eigenvalue weighted by Crippen LogP contribution is -2.12. The molecule has 0 aliphatic carbocycles. The van der Waals surface area contributed by atoms with Crippen LogP contribution in [-0.2, 0) is 6.42 Å². The van der Waals surface area contributed by atoms with E-state index in [1.165, 1.54) is 17.4 Å². The molecule has 0 aliphatic rings. The van der Waals surface area contributed by atoms with Gasteiger partial charge in [0.2, 0.25) is 5.13 Å². The molecule has 0 atom stereocenters. The Hall–Kier alpha value is -1.24. The average molecular weight is 334 g/mol. The molecule has 1 amide bonds. The molecule has 106 valence electrons. The van der Waals surface area contributed by atoms with Gasteiger partial charge in [-0.05, 0) is 18.6 Å². The highest BCUT2D eigenvalue weighted by Crippen LogP contribution is 2.25. The first-order chi connectivity index (χ1) is 9.51. The lowest BCUT2D eigenvalue weighted by Gasteiger charge is -2.04. The lowest BCUT2D eigenvalue weighted by molar-refractivity contribution is 0.102. The molecule has 0 fully saturated rings. The average Bonchev–Trinajstić information content (AvgIpc) is 2.81. The summed E-state index contributed by atoms with van der Waals surface area (Å²) in [5, 5.41) is 11.4. The van der Waals surface area contributed by atoms with E-state index in [0.717, 1.165) is 23.9 Å². The van der Waals surface area contributed by atoms with Gasteiger partial charge in [0.1, 0.15) is 10.8 Å². The van der Waals surface area contributed by atoms with Crippen molar-refractivity contribution >= 4 is 45.6 Å². The molecule has 0 bridgehead atoms. The second-order valence-electron chi connectivity index (χ2n) is 3.95. The van der Waals surface area contributed by atoms with Crippen molar-refractivity contribution in [1.29, 1.82) is 0 Å². The fourth-order valence-electron chi connectivity index (χ4n) is 1.48. The van der Waals surface area contributed by atoms with E-state index >= 15 is 0 Å². The molecule has 1 aromatic carbocycles. The zero-order valence-electron chi connectivity index (χ0n) is 10.4. The first kappa shape index (κ1) is 15.2. The first-order valence-electron chi connectivity index (χ1n) is 5.79. The minimum absolute atomic E-state index is 0.000748. The van der Waals surface area contributed by atoms with E-state index in [1.807, 2.05) is 6.92 Å². The molecular weight excluding hydrogens is 324 g/mol. The van der Waals surface area contributed by atoms with Gasteiger partial charge in [0, 0.05) is 6.42 Å². The van der Waals surface area contributed by atoms with Gasteiger partial charge in [0.25, 0.3) is 5.91 Å². The second kappa shape index (κ2) is 6.47. The highest BCUT2D eigenvalue weighted by Gasteiger charge is 2.16. The fourth-order valence-corrected chi connectivity index (χ4v) is 2.79. The van der Waals surface area contributed by atoms with Gasteiger partial charge in [0.05, 0.1) is 15.6 Å². The van der Waals surface area contributed by atoms with Crippen molar-refractivity contribution in [2.75, 3.05) is 5.32 Å². The number of aryl methyl sites for hydroxylation is 1. The van der Waals surface area contributed by atoms with Crippen LogP contribution >= 0.6 is 34.5 Å². The number of anilines is 1. The van der Waals surface area contributed by atoms with Gasteiger partial charge < -0.3 is 0 Å². The maximum atomic E-state index is 13.4. The summed E-state index contributed by atoms with van der Waals surface area (Å²) in [5.41, 5.74) is 0.000748. The number of aromatic nitrogens is 2. The molecule has 0 spiro atoms. The predicted octanol–water partition coefficient (Wildman–Crippen LogP) is 4.19. The summed E-state index contributed by atoms with van der Waals surface area (Å²) in [4.78, 5) is 12.0. The zero-order chi connectivity index (χ0) is 14.7. The summed E-state index contributed by atoms with van der Waals surface area (Å²) >= 11 is 12.7. The molecule has 1 aromatic heterocycles. The predicted molar refractivity (Wildman–Crippen MR) is 78.3 cm³/mol. The van der Waals surface area contributed by atoms with Crippen molar-refractivity contribution in [2.45, 2.75) is 19.8 Å². The number of hydrogen-bond acceptors (Lipinski definition) is 4. The third-order valence-electron chi connectivity index (χ3n) is 2.41. The number of benzene rings is 1. The third kappa shape index (κ3) is 3.45. The van der Waals surface area contributed by atoms with Gasteiger partial charge >= 0.3 is 0 Å². The van der Waals surface area contributed by atoms with Crippen LogP contribution in [0.15, 0.2) is 12.1 Å². The van der Waals surface area contributed by atoms with Crippen LogP contribution < -0.4 is 5.32 Å². The molecule has 4 nitrogen and oxygen atoms in total. The lowest BCUT2D eigenvalue weighted by atomic mass is 10.2. The Balaban J connectivity index is 2.17. The van der Waals surface area contributed by atoms with Gasteiger partial charge in [-0.25, -0.2) is 4.39 Å². The van der Waals surface area contributed by atoms with Crippen LogP contribution in [0.5, 0.6) is 0 Å². The van der Waals surface area contributed by atoms with E-state index < -0.39 is 11.7 Å². The maximum absolute atomic E-state index is 13.4. The van der Waals surface area contributed by atoms with E-state index in [4.69, 9.17) is 23.2 Å². The summed E-state index contributed by atoms with van der Waals surface area (Å²) < 4.78 is 13.4. The van der Waals surface area contributed by atoms with Crippen molar-refractivity contribution in [3.8, 4) is 0 Å². The maximum Gasteiger partial charge on any atom is 0.259 e. The van der Waals surface area contributed by atoms with Crippen LogP contribution in [0, 0.1) is 5.82 Å². The van der Waals surface area contributed by atoms with E-state index in [0.29, 0.717) is 5.13 Å². The van der Waals surface area contributed by atoms with Crippen LogP contribution in [0.1, 0.15) is 28.7 Å². The number of nitrogens with one attached hydrogen (secondary N) is 1. The zero-order valence-corrected chi connectivity index (χ0v) is 12.7. The van der Waals surface area contributed by atoms with Crippen molar-refractivity contribution in [1.82, 2.24) is 10.2 Å². The summed E-state index contributed by atoms with van der Waals surface area (Å²) in [6.45, 7) is 2.02. The van der Waals surface area contributed by atoms with Crippen LogP contribution in [0.4, 0.5) is 9.52 Å². The van der Waals surface area contributed by atoms with Crippen LogP contribution in [-0.4, -0.2) is 16.1 Å². The fraction of sp³-hybridized carbons (Fsp3) is 0.250. The van der Waals surface area contributed by atoms with Crippen LogP contribution in [0.3, 0.4) is 0 Å². The van der Waals surface area contributed by atoms with E-state index in [9.17, 15) is 9.18 Å². The highest BCUT2D eigenvalue weighted by atomic mass is 35.5. The summed E-state index contributed by atoms with van der Waals surface area (Å²) in [7, 11) is 0. The third-order valence-corrected chi connectivity index (χ3v) is 3.91. The molecule has 0 saturated heterocycles. The van der Waals surface area contributed by atoms with E-state index in [1.54, 1.807) is 0 Å². The monoisotopic (exact) mass is 333 g/mol. The molecule has 8 heteroatoms. The Bertz CT molecular complexity index is 648. The molecule has 0 saturated carbocycles. The Morgan fingerprint density at radius 2 is 2.10 bits per heavy atom. The summed E-state index contributed by atoms with van der Waals surface area (Å²) in [6.07, 6.45) is 1.74. The number of hydrogen-bond donors (Lipinski definition) is 1. The van der Waals surface area contributed by atoms with Gasteiger partial charge in [-0.15, -0.1) is 10.2 Å². The topological polar surface area (TPSA) is 54.9 Å². The minimum Gasteiger partial charge on any atom is -0.296 e. The molecule has 0 unspecified atom stereocenters. The van der Waals surface area contributed by atoms with E-state index in [-0.39, 0.29) is 15.6 Å². The van der Waals surface area contributed by atoms with Gasteiger partial charge in [-0.3, -0.25) is 10.1 Å². The number of halogens is 3. The van der Waals surface area contributed by atoms with Crippen LogP contribution in [0.2, 0.25) is 10.0 Å². The summed E-state index contributed by atoms with van der Waals surface area (Å²) in [5.74, 6) is -1.25. The molecule has 2 aromatic rings. The number of nitrogens with zero attached hydrogens (tertiary/aromatic N) is 2. The Labute approximate surface area is 128 Å². The number of amides is 1. The minimum atomic E-state index is -0.704. The number of rotatable bonds is 4. The van der Waals surface area contributed by atoms with E-state index in [2.05, 4.69) is 15.5 Å². The molecule has 2 rings (SSSR count). The van der Waals surface area contributed by atoms with Crippen molar-refractivity contribution in [3.63, 3.8) is 0 Å². The van der Waals surface area contributed by atoms with Crippen LogP contribution in [0.25, 0.3) is 0 Å². The molecular formula is C12H10Cl2FN3OS. The van der Waals surface area contributed by atoms with Gasteiger partial charge in [-0.2, -0.15) is 0 Å². The normalized spacial score (nSPS) is 10.6. The van der Waals surface area contributed by atoms with Gasteiger partial charge in [0.15, 0.2) is 0 Å². The van der Waals surface area contributed by atoms with Crippen molar-refractivity contribution in [3.05, 3.63) is 38.6 Å². The first-order valence-corrected chi connectivity index (χ1v) is 7.36. The Morgan fingerprint density at radius 1 is 1.35 bits per heavy atom. The quantitative estimate of drug-likeness (QED) is 0.853. The second-order valence-corrected chi connectivity index (χ2v) is 5.83. The molecule has 1 N–H and O–H groups in total. The summed E-state index contributed by atoms with van der Waals surface area (Å²) in [6, 6.07) is 2.18. The Kier molecular flexibility index (Phi) is 4.91. The largest absolute Gasteiger partial charge is 0.296 e. The SMILES string of the molecule is CCCc1nnc(NC(=O)c2cc(F)c(Cl)cc2Cl)s1. The van der Waals surface area contributed by atoms with Crippen molar-refractivity contribution in [2.24, 2.45) is 0 Å². The molecule has 20 heavy (non-hydrogen) atoms. The molecule has 0 aliphatic heterocycles.